The third kappa shape index (κ3) is 4.29. The first kappa shape index (κ1) is 12.6. The highest BCUT2D eigenvalue weighted by Crippen LogP contribution is 2.21. The molecule has 0 amide bonds. The van der Waals surface area contributed by atoms with Gasteiger partial charge in [-0.2, -0.15) is 0 Å². The van der Waals surface area contributed by atoms with E-state index >= 15 is 0 Å². The predicted octanol–water partition coefficient (Wildman–Crippen LogP) is 1.10. The molecule has 0 saturated carbocycles. The van der Waals surface area contributed by atoms with Gasteiger partial charge in [0.2, 0.25) is 10.0 Å². The molecule has 1 aromatic rings. The molecule has 0 bridgehead atoms. The summed E-state index contributed by atoms with van der Waals surface area (Å²) in [5.74, 6) is 0. The first-order valence-electron chi connectivity index (χ1n) is 4.69. The minimum Gasteiger partial charge on any atom is -0.393 e. The number of thiophene rings is 1. The van der Waals surface area contributed by atoms with Gasteiger partial charge in [0.15, 0.2) is 0 Å². The molecule has 1 atom stereocenters. The molecule has 3 N–H and O–H groups in total. The lowest BCUT2D eigenvalue weighted by atomic mass is 10.1. The highest BCUT2D eigenvalue weighted by molar-refractivity contribution is 7.91. The van der Waals surface area contributed by atoms with Gasteiger partial charge in [-0.25, -0.2) is 13.6 Å². The Morgan fingerprint density at radius 3 is 2.67 bits per heavy atom. The monoisotopic (exact) mass is 249 g/mol. The van der Waals surface area contributed by atoms with Crippen LogP contribution in [0.2, 0.25) is 0 Å². The molecule has 4 nitrogen and oxygen atoms in total. The van der Waals surface area contributed by atoms with Crippen molar-refractivity contribution in [1.82, 2.24) is 0 Å². The molecule has 15 heavy (non-hydrogen) atoms. The maximum absolute atomic E-state index is 11.0. The van der Waals surface area contributed by atoms with Crippen molar-refractivity contribution in [2.45, 2.75) is 36.5 Å². The van der Waals surface area contributed by atoms with Gasteiger partial charge in [-0.3, -0.25) is 0 Å². The zero-order valence-corrected chi connectivity index (χ0v) is 10.1. The van der Waals surface area contributed by atoms with Crippen molar-refractivity contribution < 1.29 is 13.5 Å². The van der Waals surface area contributed by atoms with Gasteiger partial charge in [-0.15, -0.1) is 11.3 Å². The van der Waals surface area contributed by atoms with Gasteiger partial charge in [0.05, 0.1) is 6.10 Å². The smallest absolute Gasteiger partial charge is 0.247 e. The third-order valence-electron chi connectivity index (χ3n) is 1.96. The number of aliphatic hydroxyl groups excluding tert-OH is 1. The molecule has 0 aliphatic carbocycles. The molecule has 0 spiro atoms. The van der Waals surface area contributed by atoms with Crippen LogP contribution in [0, 0.1) is 0 Å². The molecule has 0 aliphatic rings. The summed E-state index contributed by atoms with van der Waals surface area (Å²) in [6.07, 6.45) is 2.05. The highest BCUT2D eigenvalue weighted by Gasteiger charge is 2.10. The van der Waals surface area contributed by atoms with Crippen molar-refractivity contribution in [3.05, 3.63) is 17.0 Å². The normalized spacial score (nSPS) is 14.1. The van der Waals surface area contributed by atoms with Crippen LogP contribution < -0.4 is 5.14 Å². The fraction of sp³-hybridized carbons (Fsp3) is 0.556. The molecule has 0 saturated heterocycles. The van der Waals surface area contributed by atoms with Gasteiger partial charge in [0.1, 0.15) is 4.21 Å². The number of nitrogens with two attached hydrogens (primary N) is 1. The van der Waals surface area contributed by atoms with Crippen LogP contribution in [0.15, 0.2) is 16.3 Å². The first-order chi connectivity index (χ1) is 6.89. The standard InChI is InChI=1S/C9H15NO3S2/c1-7(11)3-2-4-8-5-6-9(14-8)15(10,12)13/h5-7,11H,2-4H2,1H3,(H2,10,12,13). The number of rotatable bonds is 5. The molecular weight excluding hydrogens is 234 g/mol. The Hall–Kier alpha value is -0.430. The summed E-state index contributed by atoms with van der Waals surface area (Å²) in [4.78, 5) is 0.986. The fourth-order valence-corrected chi connectivity index (χ4v) is 3.04. The molecule has 0 aliphatic heterocycles. The summed E-state index contributed by atoms with van der Waals surface area (Å²) < 4.78 is 22.2. The van der Waals surface area contributed by atoms with E-state index in [1.54, 1.807) is 13.0 Å². The first-order valence-corrected chi connectivity index (χ1v) is 7.05. The lowest BCUT2D eigenvalue weighted by molar-refractivity contribution is 0.182. The van der Waals surface area contributed by atoms with Gasteiger partial charge in [-0.1, -0.05) is 0 Å². The van der Waals surface area contributed by atoms with Gasteiger partial charge in [0.25, 0.3) is 0 Å². The van der Waals surface area contributed by atoms with Crippen LogP contribution in [0.25, 0.3) is 0 Å². The Kier molecular flexibility index (Phi) is 4.27. The molecular formula is C9H15NO3S2. The molecule has 1 aromatic heterocycles. The highest BCUT2D eigenvalue weighted by atomic mass is 32.2. The van der Waals surface area contributed by atoms with Gasteiger partial charge in [-0.05, 0) is 38.3 Å². The fourth-order valence-electron chi connectivity index (χ4n) is 1.22. The summed E-state index contributed by atoms with van der Waals surface area (Å²) in [6.45, 7) is 1.74. The molecule has 1 unspecified atom stereocenters. The van der Waals surface area contributed by atoms with Crippen molar-refractivity contribution in [1.29, 1.82) is 0 Å². The van der Waals surface area contributed by atoms with Crippen LogP contribution in [0.1, 0.15) is 24.6 Å². The summed E-state index contributed by atoms with van der Waals surface area (Å²) in [6, 6.07) is 3.30. The van der Waals surface area contributed by atoms with Gasteiger partial charge < -0.3 is 5.11 Å². The molecule has 0 radical (unpaired) electrons. The van der Waals surface area contributed by atoms with Crippen molar-refractivity contribution in [3.8, 4) is 0 Å². The van der Waals surface area contributed by atoms with Crippen molar-refractivity contribution in [3.63, 3.8) is 0 Å². The van der Waals surface area contributed by atoms with E-state index in [-0.39, 0.29) is 10.3 Å². The maximum atomic E-state index is 11.0. The average molecular weight is 249 g/mol. The topological polar surface area (TPSA) is 80.4 Å². The van der Waals surface area contributed by atoms with E-state index in [0.717, 1.165) is 24.1 Å². The van der Waals surface area contributed by atoms with Crippen LogP contribution in [0.3, 0.4) is 0 Å². The quantitative estimate of drug-likeness (QED) is 0.820. The van der Waals surface area contributed by atoms with E-state index in [1.807, 2.05) is 0 Å². The maximum Gasteiger partial charge on any atom is 0.247 e. The summed E-state index contributed by atoms with van der Waals surface area (Å²) in [5, 5.41) is 14.0. The Labute approximate surface area is 93.8 Å². The predicted molar refractivity (Wildman–Crippen MR) is 60.3 cm³/mol. The largest absolute Gasteiger partial charge is 0.393 e. The van der Waals surface area contributed by atoms with E-state index in [0.29, 0.717) is 0 Å². The number of aryl methyl sites for hydroxylation is 1. The van der Waals surface area contributed by atoms with Crippen LogP contribution in [-0.4, -0.2) is 19.6 Å². The molecule has 0 aromatic carbocycles. The van der Waals surface area contributed by atoms with Crippen LogP contribution in [0.4, 0.5) is 0 Å². The third-order valence-corrected chi connectivity index (χ3v) is 4.55. The Balaban J connectivity index is 2.54. The number of primary sulfonamides is 1. The van der Waals surface area contributed by atoms with E-state index in [1.165, 1.54) is 17.4 Å². The second-order valence-electron chi connectivity index (χ2n) is 3.51. The van der Waals surface area contributed by atoms with Crippen molar-refractivity contribution in [2.24, 2.45) is 5.14 Å². The number of hydrogen-bond acceptors (Lipinski definition) is 4. The van der Waals surface area contributed by atoms with E-state index < -0.39 is 10.0 Å². The lowest BCUT2D eigenvalue weighted by Gasteiger charge is -2.01. The second kappa shape index (κ2) is 5.07. The molecule has 1 rings (SSSR count). The molecule has 6 heteroatoms. The summed E-state index contributed by atoms with van der Waals surface area (Å²) in [5.41, 5.74) is 0. The average Bonchev–Trinajstić information content (AvgIpc) is 2.51. The molecule has 1 heterocycles. The number of hydrogen-bond donors (Lipinski definition) is 2. The van der Waals surface area contributed by atoms with Crippen LogP contribution in [-0.2, 0) is 16.4 Å². The SMILES string of the molecule is CC(O)CCCc1ccc(S(N)(=O)=O)s1. The number of sulfonamides is 1. The zero-order valence-electron chi connectivity index (χ0n) is 8.51. The van der Waals surface area contributed by atoms with Crippen molar-refractivity contribution in [2.75, 3.05) is 0 Å². The molecule has 86 valence electrons. The van der Waals surface area contributed by atoms with Gasteiger partial charge in [0, 0.05) is 4.88 Å². The van der Waals surface area contributed by atoms with Crippen molar-refractivity contribution >= 4 is 21.4 Å². The van der Waals surface area contributed by atoms with Crippen LogP contribution >= 0.6 is 11.3 Å². The number of aliphatic hydroxyl groups is 1. The summed E-state index contributed by atoms with van der Waals surface area (Å²) in [7, 11) is -3.55. The zero-order chi connectivity index (χ0) is 11.5. The molecule has 0 fully saturated rings. The van der Waals surface area contributed by atoms with Gasteiger partial charge >= 0.3 is 0 Å². The van der Waals surface area contributed by atoms with E-state index in [9.17, 15) is 8.42 Å². The summed E-state index contributed by atoms with van der Waals surface area (Å²) >= 11 is 1.20. The van der Waals surface area contributed by atoms with E-state index in [4.69, 9.17) is 10.2 Å². The minimum atomic E-state index is -3.55. The van der Waals surface area contributed by atoms with Crippen LogP contribution in [0.5, 0.6) is 0 Å². The lowest BCUT2D eigenvalue weighted by Crippen LogP contribution is -2.09. The Morgan fingerprint density at radius 2 is 2.20 bits per heavy atom. The van der Waals surface area contributed by atoms with E-state index in [2.05, 4.69) is 0 Å². The Bertz CT molecular complexity index is 409. The Morgan fingerprint density at radius 1 is 1.53 bits per heavy atom. The minimum absolute atomic E-state index is 0.203. The second-order valence-corrected chi connectivity index (χ2v) is 6.46.